The lowest BCUT2D eigenvalue weighted by molar-refractivity contribution is 0.354. The van der Waals surface area contributed by atoms with Gasteiger partial charge >= 0.3 is 0 Å². The topological polar surface area (TPSA) is 15.3 Å². The van der Waals surface area contributed by atoms with Crippen molar-refractivity contribution in [3.63, 3.8) is 0 Å². The maximum absolute atomic E-state index is 3.25. The number of likely N-dealkylation sites (N-methyl/N-ethyl adjacent to an activating group) is 1. The number of rotatable bonds is 1. The molecule has 1 aliphatic rings. The van der Waals surface area contributed by atoms with E-state index in [9.17, 15) is 0 Å². The summed E-state index contributed by atoms with van der Waals surface area (Å²) >= 11 is 0. The molecule has 10 heavy (non-hydrogen) atoms. The van der Waals surface area contributed by atoms with Crippen molar-refractivity contribution in [3.05, 3.63) is 0 Å². The molecule has 0 aromatic carbocycles. The molecular formula is C8H20N2. The minimum Gasteiger partial charge on any atom is -0.303 e. The maximum atomic E-state index is 3.25. The molecule has 0 amide bonds. The third-order valence-electron chi connectivity index (χ3n) is 1.39. The van der Waals surface area contributed by atoms with Crippen molar-refractivity contribution < 1.29 is 0 Å². The third kappa shape index (κ3) is 4.77. The van der Waals surface area contributed by atoms with Gasteiger partial charge in [-0.15, -0.1) is 0 Å². The number of hydrogen-bond acceptors (Lipinski definition) is 2. The zero-order valence-electron chi connectivity index (χ0n) is 7.48. The fraction of sp³-hybridized carbons (Fsp3) is 1.00. The molecule has 1 fully saturated rings. The Morgan fingerprint density at radius 3 is 2.10 bits per heavy atom. The number of nitrogens with zero attached hydrogens (tertiary/aromatic N) is 1. The zero-order chi connectivity index (χ0) is 7.82. The van der Waals surface area contributed by atoms with Crippen LogP contribution in [0.1, 0.15) is 27.2 Å². The van der Waals surface area contributed by atoms with Gasteiger partial charge in [0.15, 0.2) is 0 Å². The Balaban J connectivity index is 0.000000236. The standard InChI is InChI=1S/C5H12N2.C3H8/c1-2-7-4-3-6-5-7;1-3-2/h6H,2-5H2,1H3;3H2,1-2H3. The summed E-state index contributed by atoms with van der Waals surface area (Å²) in [6.07, 6.45) is 1.25. The first-order valence-corrected chi connectivity index (χ1v) is 4.28. The van der Waals surface area contributed by atoms with E-state index in [1.54, 1.807) is 0 Å². The first kappa shape index (κ1) is 9.92. The van der Waals surface area contributed by atoms with Crippen LogP contribution in [0, 0.1) is 0 Å². The molecule has 0 aromatic heterocycles. The van der Waals surface area contributed by atoms with Gasteiger partial charge in [0.1, 0.15) is 0 Å². The average Bonchev–Trinajstić information content (AvgIpc) is 2.39. The lowest BCUT2D eigenvalue weighted by Gasteiger charge is -2.07. The summed E-state index contributed by atoms with van der Waals surface area (Å²) in [7, 11) is 0. The van der Waals surface area contributed by atoms with Crippen molar-refractivity contribution >= 4 is 0 Å². The van der Waals surface area contributed by atoms with E-state index < -0.39 is 0 Å². The summed E-state index contributed by atoms with van der Waals surface area (Å²) in [6.45, 7) is 11.1. The van der Waals surface area contributed by atoms with E-state index in [1.165, 1.54) is 26.1 Å². The van der Waals surface area contributed by atoms with Crippen LogP contribution in [-0.4, -0.2) is 31.2 Å². The molecule has 0 spiro atoms. The van der Waals surface area contributed by atoms with Crippen LogP contribution in [0.15, 0.2) is 0 Å². The summed E-state index contributed by atoms with van der Waals surface area (Å²) in [4.78, 5) is 2.38. The van der Waals surface area contributed by atoms with Crippen LogP contribution in [0.4, 0.5) is 0 Å². The Hall–Kier alpha value is -0.0800. The minimum atomic E-state index is 1.09. The van der Waals surface area contributed by atoms with Crippen LogP contribution in [0.2, 0.25) is 0 Å². The normalized spacial score (nSPS) is 18.3. The van der Waals surface area contributed by atoms with Gasteiger partial charge < -0.3 is 5.32 Å². The molecule has 0 bridgehead atoms. The second-order valence-electron chi connectivity index (χ2n) is 2.58. The van der Waals surface area contributed by atoms with E-state index in [-0.39, 0.29) is 0 Å². The molecule has 0 radical (unpaired) electrons. The fourth-order valence-corrected chi connectivity index (χ4v) is 0.823. The Kier molecular flexibility index (Phi) is 6.98. The largest absolute Gasteiger partial charge is 0.303 e. The highest BCUT2D eigenvalue weighted by atomic mass is 15.3. The summed E-state index contributed by atoms with van der Waals surface area (Å²) < 4.78 is 0. The predicted octanol–water partition coefficient (Wildman–Crippen LogP) is 1.29. The van der Waals surface area contributed by atoms with Gasteiger partial charge in [-0.1, -0.05) is 27.2 Å². The Morgan fingerprint density at radius 1 is 1.30 bits per heavy atom. The smallest absolute Gasteiger partial charge is 0.0481 e. The Bertz CT molecular complexity index is 58.3. The summed E-state index contributed by atoms with van der Waals surface area (Å²) in [5.74, 6) is 0. The van der Waals surface area contributed by atoms with Crippen molar-refractivity contribution in [1.29, 1.82) is 0 Å². The molecule has 0 aliphatic carbocycles. The number of nitrogens with one attached hydrogen (secondary N) is 1. The minimum absolute atomic E-state index is 1.09. The molecule has 1 N–H and O–H groups in total. The van der Waals surface area contributed by atoms with Gasteiger partial charge in [-0.05, 0) is 6.54 Å². The van der Waals surface area contributed by atoms with E-state index in [0.29, 0.717) is 0 Å². The fourth-order valence-electron chi connectivity index (χ4n) is 0.823. The lowest BCUT2D eigenvalue weighted by Crippen LogP contribution is -2.20. The first-order valence-electron chi connectivity index (χ1n) is 4.28. The van der Waals surface area contributed by atoms with Crippen molar-refractivity contribution in [2.24, 2.45) is 0 Å². The second kappa shape index (κ2) is 7.03. The summed E-state index contributed by atoms with van der Waals surface area (Å²) in [5, 5.41) is 3.25. The van der Waals surface area contributed by atoms with Crippen molar-refractivity contribution in [1.82, 2.24) is 10.2 Å². The molecule has 2 heteroatoms. The van der Waals surface area contributed by atoms with Crippen LogP contribution in [0.25, 0.3) is 0 Å². The lowest BCUT2D eigenvalue weighted by atomic mass is 10.6. The molecule has 0 atom stereocenters. The SMILES string of the molecule is CCC.CCN1CCNC1. The van der Waals surface area contributed by atoms with Crippen molar-refractivity contribution in [2.45, 2.75) is 27.2 Å². The molecule has 0 aromatic rings. The Morgan fingerprint density at radius 2 is 1.90 bits per heavy atom. The average molecular weight is 144 g/mol. The van der Waals surface area contributed by atoms with Crippen molar-refractivity contribution in [2.75, 3.05) is 26.3 Å². The van der Waals surface area contributed by atoms with Gasteiger partial charge in [0.25, 0.3) is 0 Å². The summed E-state index contributed by atoms with van der Waals surface area (Å²) in [6, 6.07) is 0. The monoisotopic (exact) mass is 144 g/mol. The van der Waals surface area contributed by atoms with Gasteiger partial charge in [-0.3, -0.25) is 4.90 Å². The molecule has 1 saturated heterocycles. The molecule has 0 unspecified atom stereocenters. The zero-order valence-corrected chi connectivity index (χ0v) is 7.48. The van der Waals surface area contributed by atoms with E-state index in [4.69, 9.17) is 0 Å². The molecule has 1 aliphatic heterocycles. The van der Waals surface area contributed by atoms with Crippen LogP contribution >= 0.6 is 0 Å². The molecule has 1 heterocycles. The molecular weight excluding hydrogens is 124 g/mol. The third-order valence-corrected chi connectivity index (χ3v) is 1.39. The summed E-state index contributed by atoms with van der Waals surface area (Å²) in [5.41, 5.74) is 0. The van der Waals surface area contributed by atoms with Crippen molar-refractivity contribution in [3.8, 4) is 0 Å². The van der Waals surface area contributed by atoms with E-state index in [0.717, 1.165) is 6.67 Å². The van der Waals surface area contributed by atoms with E-state index in [1.807, 2.05) is 0 Å². The highest BCUT2D eigenvalue weighted by molar-refractivity contribution is 4.62. The van der Waals surface area contributed by atoms with Gasteiger partial charge in [0.2, 0.25) is 0 Å². The van der Waals surface area contributed by atoms with Crippen LogP contribution in [-0.2, 0) is 0 Å². The van der Waals surface area contributed by atoms with Gasteiger partial charge in [0.05, 0.1) is 0 Å². The first-order chi connectivity index (χ1) is 4.85. The molecule has 1 rings (SSSR count). The second-order valence-corrected chi connectivity index (χ2v) is 2.58. The van der Waals surface area contributed by atoms with Crippen LogP contribution in [0.5, 0.6) is 0 Å². The number of hydrogen-bond donors (Lipinski definition) is 1. The van der Waals surface area contributed by atoms with Gasteiger partial charge in [-0.2, -0.15) is 0 Å². The molecule has 2 nitrogen and oxygen atoms in total. The quantitative estimate of drug-likeness (QED) is 0.596. The highest BCUT2D eigenvalue weighted by Crippen LogP contribution is 1.88. The van der Waals surface area contributed by atoms with Gasteiger partial charge in [0, 0.05) is 19.8 Å². The molecule has 0 saturated carbocycles. The molecule has 62 valence electrons. The Labute approximate surface area is 64.6 Å². The van der Waals surface area contributed by atoms with E-state index >= 15 is 0 Å². The highest BCUT2D eigenvalue weighted by Gasteiger charge is 2.05. The maximum Gasteiger partial charge on any atom is 0.0481 e. The van der Waals surface area contributed by atoms with Crippen LogP contribution in [0.3, 0.4) is 0 Å². The van der Waals surface area contributed by atoms with E-state index in [2.05, 4.69) is 31.0 Å². The van der Waals surface area contributed by atoms with Crippen LogP contribution < -0.4 is 5.32 Å². The predicted molar refractivity (Wildman–Crippen MR) is 46.1 cm³/mol. The van der Waals surface area contributed by atoms with Gasteiger partial charge in [-0.25, -0.2) is 0 Å².